The van der Waals surface area contributed by atoms with Crippen molar-refractivity contribution >= 4 is 29.8 Å². The molecule has 136 valence electrons. The van der Waals surface area contributed by atoms with Crippen LogP contribution in [0.15, 0.2) is 35.0 Å². The summed E-state index contributed by atoms with van der Waals surface area (Å²) in [6.45, 7) is 1.87. The number of carbonyl (C=O) groups is 1. The third-order valence-corrected chi connectivity index (χ3v) is 5.12. The molecular weight excluding hydrogens is 358 g/mol. The van der Waals surface area contributed by atoms with Crippen LogP contribution in [0.25, 0.3) is 0 Å². The highest BCUT2D eigenvalue weighted by molar-refractivity contribution is 7.07. The summed E-state index contributed by atoms with van der Waals surface area (Å²) >= 11 is 1.68. The quantitative estimate of drug-likeness (QED) is 0.862. The maximum absolute atomic E-state index is 12.5. The Balaban J connectivity index is 0.00000225. The Kier molecular flexibility index (Phi) is 6.70. The highest BCUT2D eigenvalue weighted by Gasteiger charge is 2.24. The second-order valence-electron chi connectivity index (χ2n) is 6.21. The van der Waals surface area contributed by atoms with Crippen LogP contribution in [0.1, 0.15) is 22.7 Å². The molecule has 3 rings (SSSR count). The highest BCUT2D eigenvalue weighted by Crippen LogP contribution is 2.27. The number of thiophene rings is 1. The second-order valence-corrected chi connectivity index (χ2v) is 6.99. The summed E-state index contributed by atoms with van der Waals surface area (Å²) in [6, 6.07) is 8.27. The van der Waals surface area contributed by atoms with Gasteiger partial charge in [-0.2, -0.15) is 11.3 Å². The molecule has 7 heteroatoms. The monoisotopic (exact) mass is 381 g/mol. The van der Waals surface area contributed by atoms with Gasteiger partial charge < -0.3 is 19.9 Å². The molecule has 0 saturated heterocycles. The van der Waals surface area contributed by atoms with Gasteiger partial charge in [0.05, 0.1) is 13.2 Å². The molecule has 1 N–H and O–H groups in total. The first kappa shape index (κ1) is 19.6. The van der Waals surface area contributed by atoms with E-state index in [2.05, 4.69) is 27.0 Å². The number of urea groups is 1. The average molecular weight is 382 g/mol. The summed E-state index contributed by atoms with van der Waals surface area (Å²) in [6.07, 6.45) is 0. The lowest BCUT2D eigenvalue weighted by atomic mass is 10.1. The lowest BCUT2D eigenvalue weighted by molar-refractivity contribution is 0.193. The van der Waals surface area contributed by atoms with Crippen molar-refractivity contribution in [2.24, 2.45) is 0 Å². The highest BCUT2D eigenvalue weighted by atomic mass is 35.5. The molecule has 0 bridgehead atoms. The van der Waals surface area contributed by atoms with Crippen LogP contribution in [-0.2, 0) is 13.1 Å². The van der Waals surface area contributed by atoms with E-state index in [1.807, 2.05) is 37.2 Å². The maximum atomic E-state index is 12.5. The molecule has 0 fully saturated rings. The molecule has 0 saturated carbocycles. The molecule has 0 radical (unpaired) electrons. The van der Waals surface area contributed by atoms with E-state index in [0.29, 0.717) is 19.6 Å². The molecule has 1 atom stereocenters. The summed E-state index contributed by atoms with van der Waals surface area (Å²) in [4.78, 5) is 16.5. The van der Waals surface area contributed by atoms with Crippen LogP contribution in [0.4, 0.5) is 4.79 Å². The number of nitrogens with zero attached hydrogens (tertiary/aromatic N) is 2. The van der Waals surface area contributed by atoms with E-state index in [4.69, 9.17) is 4.74 Å². The lowest BCUT2D eigenvalue weighted by Gasteiger charge is -2.25. The zero-order valence-corrected chi connectivity index (χ0v) is 16.3. The Morgan fingerprint density at radius 1 is 1.32 bits per heavy atom. The van der Waals surface area contributed by atoms with Crippen molar-refractivity contribution in [2.75, 3.05) is 27.7 Å². The van der Waals surface area contributed by atoms with Gasteiger partial charge in [-0.3, -0.25) is 0 Å². The number of carbonyl (C=O) groups excluding carboxylic acids is 1. The van der Waals surface area contributed by atoms with E-state index >= 15 is 0 Å². The number of nitrogens with one attached hydrogen (secondary N) is 1. The third kappa shape index (κ3) is 4.45. The molecule has 1 aromatic heterocycles. The largest absolute Gasteiger partial charge is 0.497 e. The Morgan fingerprint density at radius 2 is 2.08 bits per heavy atom. The van der Waals surface area contributed by atoms with Crippen molar-refractivity contribution in [3.63, 3.8) is 0 Å². The van der Waals surface area contributed by atoms with Crippen LogP contribution < -0.4 is 10.1 Å². The number of hydrogen-bond donors (Lipinski definition) is 1. The summed E-state index contributed by atoms with van der Waals surface area (Å²) in [7, 11) is 5.73. The van der Waals surface area contributed by atoms with Gasteiger partial charge in [-0.15, -0.1) is 12.4 Å². The number of benzene rings is 1. The maximum Gasteiger partial charge on any atom is 0.318 e. The summed E-state index contributed by atoms with van der Waals surface area (Å²) in [5.74, 6) is 0.834. The minimum Gasteiger partial charge on any atom is -0.497 e. The molecule has 0 spiro atoms. The molecule has 2 amide bonds. The fourth-order valence-electron chi connectivity index (χ4n) is 3.00. The predicted octanol–water partition coefficient (Wildman–Crippen LogP) is 3.51. The average Bonchev–Trinajstić information content (AvgIpc) is 3.23. The second kappa shape index (κ2) is 8.56. The first-order chi connectivity index (χ1) is 11.6. The number of halogens is 1. The molecule has 1 aliphatic heterocycles. The van der Waals surface area contributed by atoms with E-state index in [9.17, 15) is 4.79 Å². The molecule has 2 aromatic rings. The van der Waals surface area contributed by atoms with Gasteiger partial charge in [-0.1, -0.05) is 6.07 Å². The van der Waals surface area contributed by atoms with Crippen molar-refractivity contribution in [2.45, 2.75) is 19.1 Å². The van der Waals surface area contributed by atoms with Crippen LogP contribution in [0.3, 0.4) is 0 Å². The number of hydrogen-bond acceptors (Lipinski definition) is 4. The van der Waals surface area contributed by atoms with Crippen molar-refractivity contribution in [3.8, 4) is 5.75 Å². The lowest BCUT2D eigenvalue weighted by Crippen LogP contribution is -2.40. The van der Waals surface area contributed by atoms with Gasteiger partial charge >= 0.3 is 6.03 Å². The summed E-state index contributed by atoms with van der Waals surface area (Å²) in [5, 5.41) is 7.28. The molecule has 1 aliphatic rings. The standard InChI is InChI=1S/C18H23N3O2S.ClH/c1-20(2)17(14-6-7-24-12-14)9-19-18(22)21-10-13-4-5-16(23-3)8-15(13)11-21;/h4-8,12,17H,9-11H2,1-3H3,(H,19,22);1H. The summed E-state index contributed by atoms with van der Waals surface area (Å²) < 4.78 is 5.26. The summed E-state index contributed by atoms with van der Waals surface area (Å²) in [5.41, 5.74) is 3.58. The van der Waals surface area contributed by atoms with Crippen molar-refractivity contribution in [1.29, 1.82) is 0 Å². The van der Waals surface area contributed by atoms with Gasteiger partial charge in [0.2, 0.25) is 0 Å². The Morgan fingerprint density at radius 3 is 2.72 bits per heavy atom. The SMILES string of the molecule is COc1ccc2c(c1)CN(C(=O)NCC(c1ccsc1)N(C)C)C2.Cl. The van der Waals surface area contributed by atoms with Gasteiger partial charge in [0.25, 0.3) is 0 Å². The van der Waals surface area contributed by atoms with Crippen LogP contribution >= 0.6 is 23.7 Å². The van der Waals surface area contributed by atoms with Gasteiger partial charge in [-0.25, -0.2) is 4.79 Å². The molecule has 0 aliphatic carbocycles. The first-order valence-electron chi connectivity index (χ1n) is 7.95. The molecule has 1 unspecified atom stereocenters. The number of rotatable bonds is 5. The molecule has 5 nitrogen and oxygen atoms in total. The Bertz CT molecular complexity index is 706. The minimum absolute atomic E-state index is 0. The Hall–Kier alpha value is -1.76. The van der Waals surface area contributed by atoms with E-state index in [0.717, 1.165) is 11.3 Å². The first-order valence-corrected chi connectivity index (χ1v) is 8.90. The number of ether oxygens (including phenoxy) is 1. The molecular formula is C18H24ClN3O2S. The number of fused-ring (bicyclic) bond motifs is 1. The van der Waals surface area contributed by atoms with Gasteiger partial charge in [0.15, 0.2) is 0 Å². The zero-order chi connectivity index (χ0) is 17.1. The van der Waals surface area contributed by atoms with Gasteiger partial charge in [0.1, 0.15) is 5.75 Å². The topological polar surface area (TPSA) is 44.8 Å². The molecule has 25 heavy (non-hydrogen) atoms. The van der Waals surface area contributed by atoms with Crippen LogP contribution in [0.2, 0.25) is 0 Å². The number of methoxy groups -OCH3 is 1. The van der Waals surface area contributed by atoms with Crippen molar-refractivity contribution in [1.82, 2.24) is 15.1 Å². The number of likely N-dealkylation sites (N-methyl/N-ethyl adjacent to an activating group) is 1. The third-order valence-electron chi connectivity index (χ3n) is 4.42. The fraction of sp³-hybridized carbons (Fsp3) is 0.389. The van der Waals surface area contributed by atoms with E-state index < -0.39 is 0 Å². The minimum atomic E-state index is -0.0211. The number of amides is 2. The predicted molar refractivity (Wildman–Crippen MR) is 104 cm³/mol. The zero-order valence-electron chi connectivity index (χ0n) is 14.7. The van der Waals surface area contributed by atoms with Crippen LogP contribution in [0, 0.1) is 0 Å². The Labute approximate surface area is 159 Å². The smallest absolute Gasteiger partial charge is 0.318 e. The van der Waals surface area contributed by atoms with Crippen molar-refractivity contribution < 1.29 is 9.53 Å². The molecule has 2 heterocycles. The van der Waals surface area contributed by atoms with Crippen LogP contribution in [0.5, 0.6) is 5.75 Å². The molecule has 1 aromatic carbocycles. The van der Waals surface area contributed by atoms with E-state index in [-0.39, 0.29) is 24.5 Å². The van der Waals surface area contributed by atoms with Crippen LogP contribution in [-0.4, -0.2) is 43.6 Å². The van der Waals surface area contributed by atoms with E-state index in [1.54, 1.807) is 18.4 Å². The van der Waals surface area contributed by atoms with Crippen molar-refractivity contribution in [3.05, 3.63) is 51.7 Å². The normalized spacial score (nSPS) is 14.0. The fourth-order valence-corrected chi connectivity index (χ4v) is 3.71. The van der Waals surface area contributed by atoms with Gasteiger partial charge in [-0.05, 0) is 59.7 Å². The van der Waals surface area contributed by atoms with Gasteiger partial charge in [0, 0.05) is 19.6 Å². The van der Waals surface area contributed by atoms with E-state index in [1.165, 1.54) is 11.1 Å².